The van der Waals surface area contributed by atoms with Crippen LogP contribution >= 0.6 is 0 Å². The first-order valence-electron chi connectivity index (χ1n) is 4.26. The summed E-state index contributed by atoms with van der Waals surface area (Å²) in [5.74, 6) is 1.63. The van der Waals surface area contributed by atoms with Gasteiger partial charge in [-0.2, -0.15) is 13.0 Å². The first-order chi connectivity index (χ1) is 6.36. The molecule has 2 rings (SSSR count). The molecule has 0 fully saturated rings. The van der Waals surface area contributed by atoms with Gasteiger partial charge in [-0.15, -0.1) is 0 Å². The topological polar surface area (TPSA) is 34.2 Å². The molecule has 3 nitrogen and oxygen atoms in total. The van der Waals surface area contributed by atoms with Crippen LogP contribution in [0.15, 0.2) is 12.1 Å². The number of nitrogens with one attached hydrogen (secondary N) is 1. The molecule has 1 radical (unpaired) electrons. The van der Waals surface area contributed by atoms with Gasteiger partial charge in [0, 0.05) is 32.7 Å². The van der Waals surface area contributed by atoms with Crippen molar-refractivity contribution in [2.45, 2.75) is 6.92 Å². The van der Waals surface area contributed by atoms with Crippen LogP contribution in [0.1, 0.15) is 12.6 Å². The monoisotopic (exact) mass is 267 g/mol. The predicted octanol–water partition coefficient (Wildman–Crippen LogP) is 1.91. The van der Waals surface area contributed by atoms with Gasteiger partial charge in [0.25, 0.3) is 0 Å². The molecule has 1 aliphatic heterocycles. The molecule has 0 aliphatic carbocycles. The quantitative estimate of drug-likeness (QED) is 0.729. The fourth-order valence-corrected chi connectivity index (χ4v) is 1.06. The number of hydrogen-bond donors (Lipinski definition) is 1. The molecule has 4 heteroatoms. The molecule has 1 aliphatic rings. The van der Waals surface area contributed by atoms with Crippen LogP contribution in [0.5, 0.6) is 5.75 Å². The Bertz CT molecular complexity index is 279. The molecule has 0 amide bonds. The molecule has 1 aromatic rings. The van der Waals surface area contributed by atoms with Crippen molar-refractivity contribution < 1.29 is 37.4 Å². The minimum absolute atomic E-state index is 0. The standard InChI is InChI=1S/C8H9N2O.C2H5.Y/c1-6-2-3-7-8(10-6)9-4-5-11-7;1-2;/h2-3H,1,4-5H2,(H,9,10);1H2,2H3;/q2*-1;. The molecule has 14 heavy (non-hydrogen) atoms. The molecule has 1 N–H and O–H groups in total. The number of anilines is 1. The van der Waals surface area contributed by atoms with Crippen LogP contribution in [0.3, 0.4) is 0 Å². The van der Waals surface area contributed by atoms with Gasteiger partial charge in [-0.3, -0.25) is 4.98 Å². The van der Waals surface area contributed by atoms with E-state index in [1.165, 1.54) is 0 Å². The van der Waals surface area contributed by atoms with Gasteiger partial charge in [0.1, 0.15) is 12.4 Å². The first-order valence-corrected chi connectivity index (χ1v) is 4.26. The molecule has 0 saturated carbocycles. The summed E-state index contributed by atoms with van der Waals surface area (Å²) in [5.41, 5.74) is 0.766. The van der Waals surface area contributed by atoms with Crippen LogP contribution in [0, 0.1) is 13.8 Å². The van der Waals surface area contributed by atoms with Crippen molar-refractivity contribution in [2.24, 2.45) is 0 Å². The summed E-state index contributed by atoms with van der Waals surface area (Å²) in [6.07, 6.45) is 0. The third-order valence-electron chi connectivity index (χ3n) is 1.57. The van der Waals surface area contributed by atoms with Gasteiger partial charge in [0.05, 0.1) is 6.54 Å². The van der Waals surface area contributed by atoms with E-state index in [0.29, 0.717) is 6.61 Å². The number of rotatable bonds is 0. The van der Waals surface area contributed by atoms with Gasteiger partial charge < -0.3 is 17.0 Å². The Hall–Kier alpha value is -0.276. The van der Waals surface area contributed by atoms with Crippen LogP contribution in [0.25, 0.3) is 0 Å². The average Bonchev–Trinajstić information content (AvgIpc) is 2.21. The van der Waals surface area contributed by atoms with Gasteiger partial charge in [-0.1, -0.05) is 11.8 Å². The second kappa shape index (κ2) is 7.07. The van der Waals surface area contributed by atoms with Gasteiger partial charge in [-0.05, 0) is 0 Å². The summed E-state index contributed by atoms with van der Waals surface area (Å²) < 4.78 is 5.33. The molecular weight excluding hydrogens is 253 g/mol. The largest absolute Gasteiger partial charge is 0.489 e. The maximum Gasteiger partial charge on any atom is 0.164 e. The molecule has 0 aromatic carbocycles. The Morgan fingerprint density at radius 1 is 1.43 bits per heavy atom. The van der Waals surface area contributed by atoms with E-state index in [4.69, 9.17) is 4.74 Å². The SMILES string of the molecule is [CH2-]C.[CH2-]c1ccc2c(n1)NCCO2.[Y]. The van der Waals surface area contributed by atoms with Crippen molar-refractivity contribution in [3.63, 3.8) is 0 Å². The van der Waals surface area contributed by atoms with Crippen molar-refractivity contribution in [3.8, 4) is 5.75 Å². The summed E-state index contributed by atoms with van der Waals surface area (Å²) in [7, 11) is 0. The maximum atomic E-state index is 5.33. The number of ether oxygens (including phenoxy) is 1. The van der Waals surface area contributed by atoms with E-state index in [-0.39, 0.29) is 32.7 Å². The summed E-state index contributed by atoms with van der Waals surface area (Å²) in [5, 5.41) is 3.13. The van der Waals surface area contributed by atoms with Crippen LogP contribution in [-0.2, 0) is 32.7 Å². The summed E-state index contributed by atoms with van der Waals surface area (Å²) in [6.45, 7) is 10.3. The van der Waals surface area contributed by atoms with Crippen molar-refractivity contribution >= 4 is 5.82 Å². The minimum atomic E-state index is 0. The molecule has 0 bridgehead atoms. The van der Waals surface area contributed by atoms with Crippen molar-refractivity contribution in [2.75, 3.05) is 18.5 Å². The van der Waals surface area contributed by atoms with E-state index in [2.05, 4.69) is 24.1 Å². The Morgan fingerprint density at radius 2 is 2.14 bits per heavy atom. The van der Waals surface area contributed by atoms with E-state index in [0.717, 1.165) is 23.8 Å². The Balaban J connectivity index is 0.000000531. The number of nitrogens with zero attached hydrogens (tertiary/aromatic N) is 1. The van der Waals surface area contributed by atoms with Gasteiger partial charge >= 0.3 is 0 Å². The molecule has 0 unspecified atom stereocenters. The third kappa shape index (κ3) is 3.47. The number of aromatic nitrogens is 1. The average molecular weight is 267 g/mol. The van der Waals surface area contributed by atoms with Crippen molar-refractivity contribution in [3.05, 3.63) is 31.7 Å². The molecular formula is C10H14N2OY-2. The molecule has 1 aromatic heterocycles. The Kier molecular flexibility index (Phi) is 6.93. The van der Waals surface area contributed by atoms with E-state index in [1.807, 2.05) is 12.1 Å². The first kappa shape index (κ1) is 13.7. The van der Waals surface area contributed by atoms with Gasteiger partial charge in [0.2, 0.25) is 0 Å². The zero-order valence-electron chi connectivity index (χ0n) is 8.42. The Morgan fingerprint density at radius 3 is 2.86 bits per heavy atom. The van der Waals surface area contributed by atoms with Gasteiger partial charge in [0.15, 0.2) is 5.82 Å². The maximum absolute atomic E-state index is 5.33. The smallest absolute Gasteiger partial charge is 0.164 e. The number of hydrogen-bond acceptors (Lipinski definition) is 3. The van der Waals surface area contributed by atoms with Crippen molar-refractivity contribution in [1.82, 2.24) is 4.98 Å². The van der Waals surface area contributed by atoms with Crippen molar-refractivity contribution in [1.29, 1.82) is 0 Å². The van der Waals surface area contributed by atoms with E-state index < -0.39 is 0 Å². The summed E-state index contributed by atoms with van der Waals surface area (Å²) in [6, 6.07) is 3.72. The number of fused-ring (bicyclic) bond motifs is 1. The normalized spacial score (nSPS) is 11.9. The molecule has 0 saturated heterocycles. The van der Waals surface area contributed by atoms with Crippen LogP contribution in [-0.4, -0.2) is 18.1 Å². The number of pyridine rings is 1. The molecule has 75 valence electrons. The van der Waals surface area contributed by atoms with E-state index in [1.54, 1.807) is 6.92 Å². The summed E-state index contributed by atoms with van der Waals surface area (Å²) in [4.78, 5) is 4.17. The van der Waals surface area contributed by atoms with Crippen LogP contribution in [0.4, 0.5) is 5.82 Å². The molecule has 2 heterocycles. The Labute approximate surface area is 111 Å². The second-order valence-corrected chi connectivity index (χ2v) is 2.42. The second-order valence-electron chi connectivity index (χ2n) is 2.42. The van der Waals surface area contributed by atoms with E-state index >= 15 is 0 Å². The minimum Gasteiger partial charge on any atom is -0.489 e. The fourth-order valence-electron chi connectivity index (χ4n) is 1.06. The van der Waals surface area contributed by atoms with Crippen LogP contribution < -0.4 is 10.1 Å². The van der Waals surface area contributed by atoms with Gasteiger partial charge in [-0.25, -0.2) is 6.92 Å². The molecule has 0 atom stereocenters. The predicted molar refractivity (Wildman–Crippen MR) is 53.7 cm³/mol. The molecule has 0 spiro atoms. The van der Waals surface area contributed by atoms with E-state index in [9.17, 15) is 0 Å². The zero-order valence-corrected chi connectivity index (χ0v) is 11.3. The third-order valence-corrected chi connectivity index (χ3v) is 1.57. The fraction of sp³-hybridized carbons (Fsp3) is 0.300. The van der Waals surface area contributed by atoms with Crippen LogP contribution in [0.2, 0.25) is 0 Å². The zero-order chi connectivity index (χ0) is 9.68. The summed E-state index contributed by atoms with van der Waals surface area (Å²) >= 11 is 0.